The third-order valence-electron chi connectivity index (χ3n) is 15.5. The lowest BCUT2D eigenvalue weighted by molar-refractivity contribution is 0.0934. The first-order valence-electron chi connectivity index (χ1n) is 26.8. The maximum atomic E-state index is 12.1. The Labute approximate surface area is 452 Å². The number of amides is 3. The quantitative estimate of drug-likeness (QED) is 0.0574. The van der Waals surface area contributed by atoms with Gasteiger partial charge >= 0.3 is 0 Å². The lowest BCUT2D eigenvalue weighted by atomic mass is 10.1. The fraction of sp³-hybridized carbons (Fsp3) is 0.328. The van der Waals surface area contributed by atoms with Crippen LogP contribution in [0.3, 0.4) is 0 Å². The van der Waals surface area contributed by atoms with E-state index in [0.717, 1.165) is 131 Å². The van der Waals surface area contributed by atoms with Gasteiger partial charge in [-0.3, -0.25) is 14.4 Å². The van der Waals surface area contributed by atoms with Gasteiger partial charge in [-0.15, -0.1) is 0 Å². The van der Waals surface area contributed by atoms with Crippen molar-refractivity contribution in [2.45, 2.75) is 102 Å². The number of carbonyl (C=O) groups is 3. The number of benzene rings is 3. The predicted molar refractivity (Wildman–Crippen MR) is 299 cm³/mol. The van der Waals surface area contributed by atoms with Crippen LogP contribution in [-0.2, 0) is 0 Å². The molecule has 3 aliphatic heterocycles. The number of hydrogen-bond acceptors (Lipinski definition) is 15. The van der Waals surface area contributed by atoms with Crippen molar-refractivity contribution in [3.05, 3.63) is 124 Å². The molecule has 0 radical (unpaired) electrons. The first kappa shape index (κ1) is 49.8. The molecule has 3 aromatic carbocycles. The normalized spacial score (nSPS) is 19.2. The van der Waals surface area contributed by atoms with Crippen molar-refractivity contribution in [2.75, 3.05) is 35.8 Å². The van der Waals surface area contributed by atoms with Gasteiger partial charge in [0.15, 0.2) is 0 Å². The summed E-state index contributed by atoms with van der Waals surface area (Å²) in [5, 5.41) is 47.1. The Hall–Kier alpha value is -8.79. The zero-order chi connectivity index (χ0) is 54.4. The second-order valence-corrected chi connectivity index (χ2v) is 21.7. The van der Waals surface area contributed by atoms with Gasteiger partial charge in [-0.1, -0.05) is 36.4 Å². The molecule has 9 heterocycles. The van der Waals surface area contributed by atoms with Gasteiger partial charge in [0.1, 0.15) is 34.0 Å². The minimum Gasteiger partial charge on any atom is -0.394 e. The van der Waals surface area contributed by atoms with E-state index in [9.17, 15) is 29.7 Å². The molecule has 3 amide bonds. The second-order valence-electron chi connectivity index (χ2n) is 21.7. The Morgan fingerprint density at radius 3 is 1.13 bits per heavy atom. The molecule has 9 aromatic rings. The highest BCUT2D eigenvalue weighted by Gasteiger charge is 2.39. The number of nitrogens with one attached hydrogen (secondary N) is 9. The van der Waals surface area contributed by atoms with Crippen molar-refractivity contribution in [3.63, 3.8) is 0 Å². The number of carbonyl (C=O) groups excluding carboxylic acids is 3. The number of anilines is 3. The van der Waals surface area contributed by atoms with E-state index in [0.29, 0.717) is 28.8 Å². The van der Waals surface area contributed by atoms with E-state index < -0.39 is 6.04 Å². The summed E-state index contributed by atoms with van der Waals surface area (Å²) in [6.45, 7) is 7.66. The summed E-state index contributed by atoms with van der Waals surface area (Å²) in [6, 6.07) is 22.9. The summed E-state index contributed by atoms with van der Waals surface area (Å²) in [7, 11) is 0. The summed E-state index contributed by atoms with van der Waals surface area (Å²) in [5.74, 6) is 1.94. The number of nitrogens with zero attached hydrogens (tertiary/aromatic N) is 6. The zero-order valence-electron chi connectivity index (χ0n) is 43.9. The number of aryl methyl sites for hydroxylation is 3. The fourth-order valence-corrected chi connectivity index (χ4v) is 10.6. The summed E-state index contributed by atoms with van der Waals surface area (Å²) in [5.41, 5.74) is 16.6. The Balaban J connectivity index is 0.000000112. The molecule has 21 heteroatoms. The van der Waals surface area contributed by atoms with Crippen molar-refractivity contribution in [1.29, 1.82) is 0 Å². The molecule has 3 aliphatic carbocycles. The first-order chi connectivity index (χ1) is 38.2. The van der Waals surface area contributed by atoms with Gasteiger partial charge in [0.25, 0.3) is 17.7 Å². The van der Waals surface area contributed by atoms with Gasteiger partial charge in [-0.05, 0) is 103 Å². The van der Waals surface area contributed by atoms with Crippen LogP contribution in [-0.4, -0.2) is 115 Å². The number of hydrogen-bond donors (Lipinski definition) is 12. The van der Waals surface area contributed by atoms with Crippen LogP contribution in [0.5, 0.6) is 0 Å². The van der Waals surface area contributed by atoms with Crippen molar-refractivity contribution < 1.29 is 29.7 Å². The van der Waals surface area contributed by atoms with Crippen LogP contribution in [0.15, 0.2) is 72.8 Å². The lowest BCUT2D eigenvalue weighted by Crippen LogP contribution is -2.22. The maximum absolute atomic E-state index is 12.1. The van der Waals surface area contributed by atoms with E-state index in [1.165, 1.54) is 25.7 Å². The molecule has 6 aromatic heterocycles. The van der Waals surface area contributed by atoms with Crippen LogP contribution in [0.2, 0.25) is 0 Å². The first-order valence-corrected chi connectivity index (χ1v) is 26.8. The third-order valence-corrected chi connectivity index (χ3v) is 15.5. The number of aromatic amines is 3. The van der Waals surface area contributed by atoms with Crippen LogP contribution in [0, 0.1) is 20.8 Å². The molecule has 3 saturated carbocycles. The average molecular weight is 1060 g/mol. The van der Waals surface area contributed by atoms with Crippen molar-refractivity contribution >= 4 is 68.3 Å². The highest BCUT2D eigenvalue weighted by atomic mass is 16.3. The molecular weight excluding hydrogens is 1000 g/mol. The molecular formula is C58H59N15O6. The minimum absolute atomic E-state index is 0.113. The van der Waals surface area contributed by atoms with E-state index in [1.807, 2.05) is 93.6 Å². The smallest absolute Gasteiger partial charge is 0.253 e. The molecule has 15 rings (SSSR count). The minimum atomic E-state index is -0.392. The predicted octanol–water partition coefficient (Wildman–Crippen LogP) is 7.24. The molecule has 6 aliphatic rings. The van der Waals surface area contributed by atoms with E-state index in [1.54, 1.807) is 0 Å². The van der Waals surface area contributed by atoms with E-state index in [4.69, 9.17) is 29.9 Å². The number of aliphatic hydroxyl groups excluding tert-OH is 3. The average Bonchev–Trinajstić information content (AvgIpc) is 4.55. The molecule has 0 spiro atoms. The standard InChI is InChI=1S/C20H21N5O2.2C19H19N5O2/c1-10-18(25-20(2)6-7-20)24-16-11(4-3-5-13(16)21-10)14-8-12-17(22-14)15(9-26)23-19(12)27;2*1-9-18(21-10-5-6-10)24-16-11(3-2-4-13(16)20-9)14-7-12-17(22-14)15(8-25)23-19(12)26/h3-5,8,15,22,26H,6-7,9H2,1-2H3,(H,23,27)(H,24,25);2*2-4,7,10,15,22,25H,5-6,8H2,1H3,(H,21,24)(H,23,26)/t;2*15-/m.10/s1. The Kier molecular flexibility index (Phi) is 12.1. The van der Waals surface area contributed by atoms with Crippen molar-refractivity contribution in [3.8, 4) is 33.8 Å². The van der Waals surface area contributed by atoms with E-state index >= 15 is 0 Å². The Morgan fingerprint density at radius 2 is 0.810 bits per heavy atom. The van der Waals surface area contributed by atoms with Gasteiger partial charge in [0.2, 0.25) is 0 Å². The molecule has 3 atom stereocenters. The lowest BCUT2D eigenvalue weighted by Gasteiger charge is -2.15. The van der Waals surface area contributed by atoms with Crippen LogP contribution >= 0.6 is 0 Å². The number of rotatable bonds is 12. The second kappa shape index (κ2) is 19.3. The molecule has 3 fully saturated rings. The number of fused-ring (bicyclic) bond motifs is 6. The number of aromatic nitrogens is 9. The number of H-pyrrole nitrogens is 3. The van der Waals surface area contributed by atoms with Crippen LogP contribution in [0.4, 0.5) is 17.5 Å². The van der Waals surface area contributed by atoms with Crippen LogP contribution < -0.4 is 31.9 Å². The molecule has 79 heavy (non-hydrogen) atoms. The van der Waals surface area contributed by atoms with E-state index in [-0.39, 0.29) is 55.2 Å². The number of aliphatic hydroxyl groups is 3. The summed E-state index contributed by atoms with van der Waals surface area (Å²) < 4.78 is 0. The molecule has 0 bridgehead atoms. The SMILES string of the molecule is Cc1nc2cccc(-c3cc4c([nH]3)C(CO)NC4=O)c2nc1NC1(C)CC1.Cc1nc2cccc(-c3cc4c([nH]3)[C@@H](CO)NC4=O)c2nc1NC1CC1.Cc1nc2cccc(-c3cc4c([nH]3)[C@H](CO)NC4=O)c2nc1NC1CC1. The van der Waals surface area contributed by atoms with Gasteiger partial charge in [0, 0.05) is 51.4 Å². The number of para-hydroxylation sites is 3. The topological polar surface area (TPSA) is 309 Å². The zero-order valence-corrected chi connectivity index (χ0v) is 43.9. The fourth-order valence-electron chi connectivity index (χ4n) is 10.6. The summed E-state index contributed by atoms with van der Waals surface area (Å²) in [6.07, 6.45) is 6.94. The molecule has 12 N–H and O–H groups in total. The molecule has 402 valence electrons. The Morgan fingerprint density at radius 1 is 0.481 bits per heavy atom. The molecule has 0 saturated heterocycles. The highest BCUT2D eigenvalue weighted by molar-refractivity contribution is 6.04. The summed E-state index contributed by atoms with van der Waals surface area (Å²) in [4.78, 5) is 74.8. The van der Waals surface area contributed by atoms with Gasteiger partial charge in [-0.25, -0.2) is 29.9 Å². The van der Waals surface area contributed by atoms with Crippen molar-refractivity contribution in [2.24, 2.45) is 0 Å². The van der Waals surface area contributed by atoms with E-state index in [2.05, 4.69) is 53.8 Å². The van der Waals surface area contributed by atoms with Gasteiger partial charge in [-0.2, -0.15) is 0 Å². The summed E-state index contributed by atoms with van der Waals surface area (Å²) >= 11 is 0. The van der Waals surface area contributed by atoms with Crippen LogP contribution in [0.1, 0.15) is 129 Å². The van der Waals surface area contributed by atoms with Crippen molar-refractivity contribution in [1.82, 2.24) is 60.8 Å². The largest absolute Gasteiger partial charge is 0.394 e. The monoisotopic (exact) mass is 1060 g/mol. The maximum Gasteiger partial charge on any atom is 0.253 e. The van der Waals surface area contributed by atoms with Gasteiger partial charge in [0.05, 0.1) is 105 Å². The highest BCUT2D eigenvalue weighted by Crippen LogP contribution is 2.41. The van der Waals surface area contributed by atoms with Gasteiger partial charge < -0.3 is 62.2 Å². The third kappa shape index (κ3) is 9.31. The molecule has 21 nitrogen and oxygen atoms in total. The Bertz CT molecular complexity index is 3800. The van der Waals surface area contributed by atoms with Crippen LogP contribution in [0.25, 0.3) is 66.9 Å². The molecule has 1 unspecified atom stereocenters.